The van der Waals surface area contributed by atoms with Gasteiger partial charge in [-0.3, -0.25) is 4.67 Å². The molecule has 0 aliphatic carbocycles. The van der Waals surface area contributed by atoms with Gasteiger partial charge in [-0.05, 0) is 40.8 Å². The predicted molar refractivity (Wildman–Crippen MR) is 91.7 cm³/mol. The summed E-state index contributed by atoms with van der Waals surface area (Å²) in [5.74, 6) is 0. The maximum atomic E-state index is 6.96. The average molecular weight is 318 g/mol. The number of hydrogen-bond acceptors (Lipinski definition) is 4. The molecule has 0 amide bonds. The average Bonchev–Trinajstić information content (AvgIpc) is 2.41. The van der Waals surface area contributed by atoms with Crippen LogP contribution in [-0.4, -0.2) is 55.9 Å². The van der Waals surface area contributed by atoms with Gasteiger partial charge in [0, 0.05) is 12.1 Å². The largest absolute Gasteiger partial charge is 0.394 e. The van der Waals surface area contributed by atoms with Gasteiger partial charge in [-0.1, -0.05) is 24.8 Å². The highest BCUT2D eigenvalue weighted by Gasteiger charge is 2.24. The molecule has 0 saturated carbocycles. The third kappa shape index (κ3) is 9.38. The molecule has 0 aliphatic rings. The molecule has 1 N–H and O–H groups in total. The predicted octanol–water partition coefficient (Wildman–Crippen LogP) is 3.57. The Balaban J connectivity index is 4.31. The molecule has 5 heteroatoms. The van der Waals surface area contributed by atoms with Crippen molar-refractivity contribution in [3.63, 3.8) is 0 Å². The number of aliphatic hydroxyl groups is 1. The van der Waals surface area contributed by atoms with Gasteiger partial charge in [0.1, 0.15) is 14.4 Å². The van der Waals surface area contributed by atoms with Crippen LogP contribution in [0.4, 0.5) is 0 Å². The Morgan fingerprint density at radius 1 is 1.33 bits per heavy atom. The lowest BCUT2D eigenvalue weighted by Gasteiger charge is -2.36. The molecular formula is C16H32NO3P. The molecule has 0 bridgehead atoms. The first-order chi connectivity index (χ1) is 10.4. The molecule has 0 fully saturated rings. The van der Waals surface area contributed by atoms with E-state index in [1.165, 1.54) is 0 Å². The van der Waals surface area contributed by atoms with Gasteiger partial charge >= 0.3 is 0 Å². The maximum Gasteiger partial charge on any atom is 0.210 e. The molecule has 0 spiro atoms. The molecule has 124 valence electrons. The Kier molecular flexibility index (Phi) is 11.0. The second-order valence-electron chi connectivity index (χ2n) is 5.45. The quantitative estimate of drug-likeness (QED) is 0.320. The molecule has 0 aromatic heterocycles. The lowest BCUT2D eigenvalue weighted by Crippen LogP contribution is -2.35. The summed E-state index contributed by atoms with van der Waals surface area (Å²) in [5, 5.41) is 4.51. The third-order valence-electron chi connectivity index (χ3n) is 2.88. The molecule has 0 saturated heterocycles. The Labute approximate surface area is 133 Å². The molecule has 0 aromatic carbocycles. The van der Waals surface area contributed by atoms with Gasteiger partial charge in [0.05, 0.1) is 19.8 Å². The van der Waals surface area contributed by atoms with E-state index in [1.807, 2.05) is 12.2 Å². The number of aliphatic hydroxyl groups excluding tert-OH is 1. The van der Waals surface area contributed by atoms with Gasteiger partial charge in [0.25, 0.3) is 0 Å². The molecule has 0 aromatic rings. The van der Waals surface area contributed by atoms with E-state index >= 15 is 0 Å². The summed E-state index contributed by atoms with van der Waals surface area (Å²) in [4.78, 5) is 0. The summed E-state index contributed by atoms with van der Waals surface area (Å²) < 4.78 is 21.0. The first kappa shape index (κ1) is 18.8. The molecule has 2 atom stereocenters. The van der Waals surface area contributed by atoms with E-state index in [9.17, 15) is 0 Å². The minimum absolute atomic E-state index is 0.211. The van der Waals surface area contributed by atoms with E-state index < -0.39 is 8.30 Å². The van der Waals surface area contributed by atoms with Crippen molar-refractivity contribution in [2.75, 3.05) is 26.5 Å². The molecule has 4 nitrogen and oxygen atoms in total. The smallest absolute Gasteiger partial charge is 0.210 e. The topological polar surface area (TPSA) is 41.9 Å². The highest BCUT2D eigenvalue weighted by atomic mass is 31.2. The van der Waals surface area contributed by atoms with Crippen LogP contribution in [0.15, 0.2) is 24.8 Å². The SMILES string of the molecule is [2H]OCC(COCC/C=C/C=C)OP(C)N(C(C)C)C(C)C. The Morgan fingerprint density at radius 3 is 2.52 bits per heavy atom. The number of nitrogens with zero attached hydrogens (tertiary/aromatic N) is 1. The van der Waals surface area contributed by atoms with Crippen molar-refractivity contribution in [1.82, 2.24) is 4.67 Å². The van der Waals surface area contributed by atoms with Gasteiger partial charge < -0.3 is 14.4 Å². The van der Waals surface area contributed by atoms with Crippen LogP contribution in [0.25, 0.3) is 0 Å². The van der Waals surface area contributed by atoms with E-state index in [1.54, 1.807) is 6.08 Å². The number of hydrogen-bond donors (Lipinski definition) is 1. The normalized spacial score (nSPS) is 15.9. The van der Waals surface area contributed by atoms with E-state index in [0.29, 0.717) is 25.3 Å². The standard InChI is InChI=1S/C16H32NO3P/c1-7-8-9-10-11-19-13-16(12-18)20-21(6)17(14(2)3)15(4)5/h7-9,14-16,18H,1,10-13H2,2-6H3/b9-8+/i18D. The van der Waals surface area contributed by atoms with Gasteiger partial charge in [-0.25, -0.2) is 0 Å². The zero-order valence-corrected chi connectivity index (χ0v) is 15.0. The first-order valence-electron chi connectivity index (χ1n) is 7.97. The van der Waals surface area contributed by atoms with Gasteiger partial charge in [-0.15, -0.1) is 0 Å². The fourth-order valence-corrected chi connectivity index (χ4v) is 4.15. The van der Waals surface area contributed by atoms with E-state index in [0.717, 1.165) is 6.42 Å². The lowest BCUT2D eigenvalue weighted by molar-refractivity contribution is 0.0227. The first-order valence-corrected chi connectivity index (χ1v) is 9.22. The summed E-state index contributed by atoms with van der Waals surface area (Å²) >= 11 is 0. The van der Waals surface area contributed by atoms with Gasteiger partial charge in [0.2, 0.25) is 1.43 Å². The van der Waals surface area contributed by atoms with Crippen LogP contribution in [0.5, 0.6) is 0 Å². The van der Waals surface area contributed by atoms with Crippen molar-refractivity contribution in [2.24, 2.45) is 0 Å². The summed E-state index contributed by atoms with van der Waals surface area (Å²) in [6.07, 6.45) is 6.29. The fourth-order valence-electron chi connectivity index (χ4n) is 2.18. The molecule has 21 heavy (non-hydrogen) atoms. The van der Waals surface area contributed by atoms with Gasteiger partial charge in [0.15, 0.2) is 0 Å². The molecular weight excluding hydrogens is 285 g/mol. The lowest BCUT2D eigenvalue weighted by atomic mass is 10.3. The Hall–Kier alpha value is -0.250. The van der Waals surface area contributed by atoms with Crippen molar-refractivity contribution in [3.8, 4) is 0 Å². The molecule has 0 rings (SSSR count). The van der Waals surface area contributed by atoms with Crippen molar-refractivity contribution in [1.29, 1.82) is 1.43 Å². The van der Waals surface area contributed by atoms with Crippen LogP contribution < -0.4 is 0 Å². The number of rotatable bonds is 13. The molecule has 0 aliphatic heterocycles. The second-order valence-corrected chi connectivity index (χ2v) is 7.05. The van der Waals surface area contributed by atoms with Crippen LogP contribution in [0.1, 0.15) is 34.1 Å². The van der Waals surface area contributed by atoms with Crippen molar-refractivity contribution < 1.29 is 14.4 Å². The molecule has 0 heterocycles. The van der Waals surface area contributed by atoms with E-state index in [2.05, 4.69) is 50.7 Å². The summed E-state index contributed by atoms with van der Waals surface area (Å²) in [6.45, 7) is 15.7. The summed E-state index contributed by atoms with van der Waals surface area (Å²) in [5.41, 5.74) is 0. The van der Waals surface area contributed by atoms with E-state index in [4.69, 9.17) is 10.7 Å². The van der Waals surface area contributed by atoms with Crippen molar-refractivity contribution >= 4 is 8.30 Å². The highest BCUT2D eigenvalue weighted by Crippen LogP contribution is 2.42. The minimum atomic E-state index is -0.741. The third-order valence-corrected chi connectivity index (χ3v) is 5.05. The van der Waals surface area contributed by atoms with Crippen LogP contribution in [0.3, 0.4) is 0 Å². The van der Waals surface area contributed by atoms with Crippen LogP contribution in [0, 0.1) is 0 Å². The maximum absolute atomic E-state index is 6.96. The molecule has 0 radical (unpaired) electrons. The van der Waals surface area contributed by atoms with E-state index in [-0.39, 0.29) is 12.7 Å². The van der Waals surface area contributed by atoms with Crippen LogP contribution in [-0.2, 0) is 9.26 Å². The fraction of sp³-hybridized carbons (Fsp3) is 0.750. The minimum Gasteiger partial charge on any atom is -0.394 e. The Morgan fingerprint density at radius 2 is 2.00 bits per heavy atom. The summed E-state index contributed by atoms with van der Waals surface area (Å²) in [6, 6.07) is 0.831. The van der Waals surface area contributed by atoms with Crippen molar-refractivity contribution in [3.05, 3.63) is 24.8 Å². The number of allylic oxidation sites excluding steroid dienone is 2. The number of ether oxygens (including phenoxy) is 1. The van der Waals surface area contributed by atoms with Crippen molar-refractivity contribution in [2.45, 2.75) is 52.3 Å². The Bertz CT molecular complexity index is 306. The summed E-state index contributed by atoms with van der Waals surface area (Å²) in [7, 11) is -0.741. The zero-order chi connectivity index (χ0) is 17.0. The van der Waals surface area contributed by atoms with Gasteiger partial charge in [-0.2, -0.15) is 0 Å². The highest BCUT2D eigenvalue weighted by molar-refractivity contribution is 7.49. The second kappa shape index (κ2) is 12.3. The zero-order valence-electron chi connectivity index (χ0n) is 15.1. The molecule has 2 unspecified atom stereocenters. The van der Waals surface area contributed by atoms with Crippen LogP contribution in [0.2, 0.25) is 0 Å². The van der Waals surface area contributed by atoms with Crippen LogP contribution >= 0.6 is 8.30 Å². The monoisotopic (exact) mass is 318 g/mol.